The molecule has 0 spiro atoms. The normalized spacial score (nSPS) is 43.0. The fourth-order valence-electron chi connectivity index (χ4n) is 6.72. The number of benzene rings is 1. The van der Waals surface area contributed by atoms with Crippen molar-refractivity contribution in [2.45, 2.75) is 51.6 Å². The summed E-state index contributed by atoms with van der Waals surface area (Å²) in [5.41, 5.74) is 3.46. The molecule has 4 aliphatic carbocycles. The molecule has 4 heterocycles. The Labute approximate surface area is 147 Å². The predicted molar refractivity (Wildman–Crippen MR) is 98.7 cm³/mol. The Balaban J connectivity index is 1.37. The van der Waals surface area contributed by atoms with Crippen LogP contribution in [0.25, 0.3) is 0 Å². The molecule has 0 N–H and O–H groups in total. The van der Waals surface area contributed by atoms with Gasteiger partial charge in [0.25, 0.3) is 0 Å². The van der Waals surface area contributed by atoms with Gasteiger partial charge in [-0.15, -0.1) is 0 Å². The first-order chi connectivity index (χ1) is 12.0. The molecule has 0 aromatic heterocycles. The summed E-state index contributed by atoms with van der Waals surface area (Å²) in [6.45, 7) is 4.32. The van der Waals surface area contributed by atoms with Crippen molar-refractivity contribution >= 4 is 29.0 Å². The fourth-order valence-corrected chi connectivity index (χ4v) is 9.51. The molecule has 4 fully saturated rings. The third-order valence-corrected chi connectivity index (χ3v) is 10.4. The van der Waals surface area contributed by atoms with E-state index in [0.29, 0.717) is 0 Å². The highest BCUT2D eigenvalue weighted by atomic mass is 31.2. The van der Waals surface area contributed by atoms with Crippen LogP contribution in [0.15, 0.2) is 28.4 Å². The molecule has 8 aliphatic rings. The zero-order valence-corrected chi connectivity index (χ0v) is 15.6. The Morgan fingerprint density at radius 1 is 1.04 bits per heavy atom. The van der Waals surface area contributed by atoms with E-state index in [9.17, 15) is 4.57 Å². The van der Waals surface area contributed by atoms with Crippen molar-refractivity contribution < 1.29 is 9.30 Å². The number of ether oxygens (including phenoxy) is 1. The molecule has 1 aromatic rings. The van der Waals surface area contributed by atoms with Crippen LogP contribution in [0.5, 0.6) is 0 Å². The number of hydrogen-bond acceptors (Lipinski definition) is 3. The summed E-state index contributed by atoms with van der Waals surface area (Å²) >= 11 is 0. The van der Waals surface area contributed by atoms with Gasteiger partial charge >= 0.3 is 0 Å². The Morgan fingerprint density at radius 2 is 1.68 bits per heavy atom. The summed E-state index contributed by atoms with van der Waals surface area (Å²) in [5, 5.41) is 3.30. The minimum Gasteiger partial charge on any atom is -0.465 e. The van der Waals surface area contributed by atoms with Gasteiger partial charge in [0.15, 0.2) is 7.14 Å². The number of aliphatic imine (C=N–C) groups is 1. The summed E-state index contributed by atoms with van der Waals surface area (Å²) < 4.78 is 18.9. The van der Waals surface area contributed by atoms with Gasteiger partial charge < -0.3 is 9.30 Å². The third kappa shape index (κ3) is 1.49. The van der Waals surface area contributed by atoms with Crippen molar-refractivity contribution in [2.75, 3.05) is 0 Å². The lowest BCUT2D eigenvalue weighted by Gasteiger charge is -2.52. The smallest absolute Gasteiger partial charge is 0.222 e. The van der Waals surface area contributed by atoms with E-state index in [2.05, 4.69) is 19.9 Å². The van der Waals surface area contributed by atoms with E-state index in [4.69, 9.17) is 9.73 Å². The van der Waals surface area contributed by atoms with Crippen LogP contribution in [-0.2, 0) is 9.30 Å². The summed E-state index contributed by atoms with van der Waals surface area (Å²) in [6.07, 6.45) is 6.94. The largest absolute Gasteiger partial charge is 0.465 e. The van der Waals surface area contributed by atoms with Gasteiger partial charge in [0.05, 0.1) is 5.70 Å². The van der Waals surface area contributed by atoms with Crippen molar-refractivity contribution in [2.24, 2.45) is 28.7 Å². The number of fused-ring (bicyclic) bond motifs is 2. The Hall–Kier alpha value is -1.34. The maximum absolute atomic E-state index is 12.6. The molecular formula is C21H22NO2P. The Morgan fingerprint density at radius 3 is 2.28 bits per heavy atom. The molecule has 4 heteroatoms. The molecular weight excluding hydrogens is 329 g/mol. The molecule has 4 aliphatic heterocycles. The van der Waals surface area contributed by atoms with Crippen molar-refractivity contribution in [1.29, 1.82) is 0 Å². The second-order valence-corrected chi connectivity index (χ2v) is 12.2. The predicted octanol–water partition coefficient (Wildman–Crippen LogP) is 3.22. The monoisotopic (exact) mass is 351 g/mol. The molecule has 0 radical (unpaired) electrons. The van der Waals surface area contributed by atoms with Gasteiger partial charge in [-0.2, -0.15) is 0 Å². The van der Waals surface area contributed by atoms with E-state index in [-0.39, 0.29) is 5.60 Å². The SMILES string of the molecule is CC1(C)OC(c2ccc3c4c2P34=O)=NC1=C1C2CC3CC(C2)CC1C3. The first kappa shape index (κ1) is 13.8. The van der Waals surface area contributed by atoms with Crippen LogP contribution in [0.2, 0.25) is 0 Å². The summed E-state index contributed by atoms with van der Waals surface area (Å²) in [4.78, 5) is 5.05. The quantitative estimate of drug-likeness (QED) is 0.632. The Bertz CT molecular complexity index is 969. The Kier molecular flexibility index (Phi) is 2.12. The van der Waals surface area contributed by atoms with Crippen LogP contribution in [0.4, 0.5) is 0 Å². The van der Waals surface area contributed by atoms with Crippen molar-refractivity contribution in [3.05, 3.63) is 29.0 Å². The van der Waals surface area contributed by atoms with Crippen LogP contribution in [0.1, 0.15) is 51.5 Å². The molecule has 0 saturated heterocycles. The zero-order valence-electron chi connectivity index (χ0n) is 14.7. The van der Waals surface area contributed by atoms with Gasteiger partial charge in [-0.05, 0) is 87.3 Å². The molecule has 0 amide bonds. The van der Waals surface area contributed by atoms with Crippen LogP contribution in [0.3, 0.4) is 0 Å². The molecule has 25 heavy (non-hydrogen) atoms. The van der Waals surface area contributed by atoms with Gasteiger partial charge in [0, 0.05) is 21.5 Å². The molecule has 4 saturated carbocycles. The van der Waals surface area contributed by atoms with Gasteiger partial charge in [0.1, 0.15) is 5.60 Å². The van der Waals surface area contributed by atoms with E-state index >= 15 is 0 Å². The fraction of sp³-hybridized carbons (Fsp3) is 0.571. The van der Waals surface area contributed by atoms with Crippen LogP contribution in [0, 0.1) is 23.7 Å². The molecule has 1 aromatic carbocycles. The molecule has 3 nitrogen and oxygen atoms in total. The minimum absolute atomic E-state index is 0.357. The van der Waals surface area contributed by atoms with E-state index in [0.717, 1.165) is 51.0 Å². The van der Waals surface area contributed by atoms with E-state index in [1.54, 1.807) is 5.57 Å². The van der Waals surface area contributed by atoms with Gasteiger partial charge in [0.2, 0.25) is 5.90 Å². The molecule has 6 bridgehead atoms. The number of allylic oxidation sites excluding steroid dienone is 1. The lowest BCUT2D eigenvalue weighted by Crippen LogP contribution is -2.42. The summed E-state index contributed by atoms with van der Waals surface area (Å²) in [7, 11) is -2.11. The zero-order chi connectivity index (χ0) is 16.7. The average Bonchev–Trinajstić information content (AvgIpc) is 3.34. The number of rotatable bonds is 1. The first-order valence-corrected chi connectivity index (χ1v) is 11.5. The standard InChI is InChI=1S/C21H22NO2P/c1-21(2)19(16-12-6-10-5-11(8-12)9-13(16)7-10)22-20(24-21)14-3-4-15-18-17(14)25(15,18)23/h3-4,10-13H,5-9H2,1-2H3. The van der Waals surface area contributed by atoms with E-state index < -0.39 is 7.14 Å². The van der Waals surface area contributed by atoms with Crippen molar-refractivity contribution in [1.82, 2.24) is 0 Å². The molecule has 1 atom stereocenters. The summed E-state index contributed by atoms with van der Waals surface area (Å²) in [6, 6.07) is 4.09. The highest BCUT2D eigenvalue weighted by Gasteiger charge is 2.68. The van der Waals surface area contributed by atoms with E-state index in [1.807, 2.05) is 6.07 Å². The highest BCUT2D eigenvalue weighted by molar-refractivity contribution is 8.06. The molecule has 128 valence electrons. The van der Waals surface area contributed by atoms with Crippen LogP contribution in [-0.4, -0.2) is 11.5 Å². The van der Waals surface area contributed by atoms with Crippen molar-refractivity contribution in [3.8, 4) is 0 Å². The highest BCUT2D eigenvalue weighted by Crippen LogP contribution is 2.67. The average molecular weight is 351 g/mol. The summed E-state index contributed by atoms with van der Waals surface area (Å²) in [5.74, 6) is 4.11. The third-order valence-electron chi connectivity index (χ3n) is 7.66. The lowest BCUT2D eigenvalue weighted by molar-refractivity contribution is 0.0629. The molecule has 1 unspecified atom stereocenters. The van der Waals surface area contributed by atoms with Gasteiger partial charge in [-0.25, -0.2) is 4.99 Å². The second kappa shape index (κ2) is 3.83. The minimum atomic E-state index is -2.11. The van der Waals surface area contributed by atoms with Crippen LogP contribution >= 0.6 is 7.14 Å². The number of hydrogen-bond donors (Lipinski definition) is 0. The molecule has 9 rings (SSSR count). The maximum Gasteiger partial charge on any atom is 0.222 e. The maximum atomic E-state index is 12.6. The first-order valence-electron chi connectivity index (χ1n) is 9.78. The number of nitrogens with zero attached hydrogens (tertiary/aromatic N) is 1. The lowest BCUT2D eigenvalue weighted by atomic mass is 9.53. The van der Waals surface area contributed by atoms with Gasteiger partial charge in [-0.1, -0.05) is 0 Å². The van der Waals surface area contributed by atoms with Crippen LogP contribution < -0.4 is 15.9 Å². The van der Waals surface area contributed by atoms with Gasteiger partial charge in [-0.3, -0.25) is 0 Å². The second-order valence-electron chi connectivity index (χ2n) is 9.58. The topological polar surface area (TPSA) is 38.7 Å². The van der Waals surface area contributed by atoms with Crippen molar-refractivity contribution in [3.63, 3.8) is 0 Å². The van der Waals surface area contributed by atoms with E-state index in [1.165, 1.54) is 37.8 Å².